The van der Waals surface area contributed by atoms with Gasteiger partial charge in [-0.25, -0.2) is 4.57 Å². The third-order valence-corrected chi connectivity index (χ3v) is 6.98. The van der Waals surface area contributed by atoms with Crippen molar-refractivity contribution in [2.24, 2.45) is 11.8 Å². The molecule has 3 heteroatoms. The van der Waals surface area contributed by atoms with E-state index in [-0.39, 0.29) is 19.8 Å². The van der Waals surface area contributed by atoms with Crippen molar-refractivity contribution < 1.29 is 24.4 Å². The van der Waals surface area contributed by atoms with Gasteiger partial charge in [0.05, 0.1) is 0 Å². The van der Waals surface area contributed by atoms with Crippen molar-refractivity contribution in [3.05, 3.63) is 91.1 Å². The Hall–Kier alpha value is -2.49. The molecule has 37 heavy (non-hydrogen) atoms. The maximum absolute atomic E-state index is 3.94. The number of aromatic nitrogens is 1. The van der Waals surface area contributed by atoms with E-state index >= 15 is 0 Å². The zero-order chi connectivity index (χ0) is 25.5. The molecule has 1 aromatic heterocycles. The molecular weight excluding hydrogens is 627 g/mol. The van der Waals surface area contributed by atoms with E-state index in [2.05, 4.69) is 129 Å². The fourth-order valence-electron chi connectivity index (χ4n) is 4.75. The van der Waals surface area contributed by atoms with Crippen molar-refractivity contribution in [2.45, 2.75) is 53.5 Å². The fourth-order valence-corrected chi connectivity index (χ4v) is 4.75. The Balaban J connectivity index is 0.00000380. The predicted molar refractivity (Wildman–Crippen MR) is 158 cm³/mol. The maximum Gasteiger partial charge on any atom is 1.00 e. The van der Waals surface area contributed by atoms with Gasteiger partial charge in [0.25, 0.3) is 0 Å². The minimum Gasteiger partial charge on any atom is -0.371 e. The number of nitrogens with zero attached hydrogens (tertiary/aromatic N) is 2. The first-order valence-corrected chi connectivity index (χ1v) is 13.6. The fraction of sp³-hybridized carbons (Fsp3) is 0.353. The molecule has 4 aromatic rings. The molecule has 3 aromatic carbocycles. The van der Waals surface area contributed by atoms with Crippen LogP contribution in [0.15, 0.2) is 73.1 Å². The van der Waals surface area contributed by atoms with Crippen molar-refractivity contribution >= 4 is 39.4 Å². The van der Waals surface area contributed by atoms with Gasteiger partial charge in [-0.2, -0.15) is 0 Å². The Labute approximate surface area is 237 Å². The average molecular weight is 669 g/mol. The molecule has 0 aliphatic carbocycles. The maximum atomic E-state index is 3.94. The minimum absolute atomic E-state index is 0. The standard InChI is InChI=1S/C34H42N2.Os/c1-6-19-35-20-17-28(18-21-35)11-12-29-24-30-13-14-31(25-34(30)33-10-8-7-9-32(29)33)36(22-15-26(2)3)23-16-27(4)5;/h7-14,17-18,20-21,24-27H,1,6,15-16,19,22-23H2,2-5H3;/q;+1. The normalized spacial score (nSPS) is 11.6. The van der Waals surface area contributed by atoms with Crippen LogP contribution < -0.4 is 9.47 Å². The number of rotatable bonds is 11. The summed E-state index contributed by atoms with van der Waals surface area (Å²) in [5.74, 6) is 1.42. The molecule has 0 spiro atoms. The molecule has 195 valence electrons. The van der Waals surface area contributed by atoms with Crippen LogP contribution in [0.5, 0.6) is 0 Å². The number of hydrogen-bond donors (Lipinski definition) is 0. The molecule has 0 atom stereocenters. The number of fused-ring (bicyclic) bond motifs is 3. The second-order valence-corrected chi connectivity index (χ2v) is 10.8. The number of hydrogen-bond acceptors (Lipinski definition) is 1. The van der Waals surface area contributed by atoms with Crippen LogP contribution in [0, 0.1) is 18.8 Å². The third kappa shape index (κ3) is 7.75. The summed E-state index contributed by atoms with van der Waals surface area (Å²) in [6.07, 6.45) is 12.1. The van der Waals surface area contributed by atoms with Gasteiger partial charge in [0.2, 0.25) is 0 Å². The van der Waals surface area contributed by atoms with Gasteiger partial charge in [-0.05, 0) is 75.5 Å². The molecule has 4 rings (SSSR count). The van der Waals surface area contributed by atoms with E-state index < -0.39 is 0 Å². The third-order valence-electron chi connectivity index (χ3n) is 6.98. The van der Waals surface area contributed by atoms with Crippen LogP contribution in [0.25, 0.3) is 33.7 Å². The summed E-state index contributed by atoms with van der Waals surface area (Å²) in [5.41, 5.74) is 3.81. The Morgan fingerprint density at radius 3 is 2.05 bits per heavy atom. The Kier molecular flexibility index (Phi) is 10.9. The first kappa shape index (κ1) is 29.1. The molecule has 0 N–H and O–H groups in total. The first-order valence-electron chi connectivity index (χ1n) is 13.6. The number of aryl methyl sites for hydroxylation is 1. The van der Waals surface area contributed by atoms with E-state index in [0.29, 0.717) is 11.8 Å². The smallest absolute Gasteiger partial charge is 0.371 e. The molecule has 1 heterocycles. The van der Waals surface area contributed by atoms with E-state index in [1.54, 1.807) is 0 Å². The summed E-state index contributed by atoms with van der Waals surface area (Å²) >= 11 is 0. The van der Waals surface area contributed by atoms with Gasteiger partial charge >= 0.3 is 19.8 Å². The zero-order valence-electron chi connectivity index (χ0n) is 22.9. The minimum atomic E-state index is 0. The van der Waals surface area contributed by atoms with E-state index in [1.807, 2.05) is 0 Å². The molecule has 0 aliphatic heterocycles. The van der Waals surface area contributed by atoms with Crippen LogP contribution in [-0.2, 0) is 26.3 Å². The molecule has 2 nitrogen and oxygen atoms in total. The first-order chi connectivity index (χ1) is 17.4. The molecular formula is C34H42N2Os+. The Bertz CT molecular complexity index is 1290. The van der Waals surface area contributed by atoms with Crippen molar-refractivity contribution in [3.8, 4) is 0 Å². The van der Waals surface area contributed by atoms with Crippen LogP contribution in [-0.4, -0.2) is 13.1 Å². The second kappa shape index (κ2) is 13.9. The Morgan fingerprint density at radius 2 is 1.43 bits per heavy atom. The number of pyridine rings is 1. The van der Waals surface area contributed by atoms with Crippen molar-refractivity contribution in [2.75, 3.05) is 18.0 Å². The van der Waals surface area contributed by atoms with Gasteiger partial charge < -0.3 is 11.8 Å². The van der Waals surface area contributed by atoms with Crippen molar-refractivity contribution in [3.63, 3.8) is 0 Å². The van der Waals surface area contributed by atoms with E-state index in [9.17, 15) is 0 Å². The summed E-state index contributed by atoms with van der Waals surface area (Å²) in [7, 11) is 0. The molecule has 0 bridgehead atoms. The average Bonchev–Trinajstić information content (AvgIpc) is 2.88. The molecule has 0 saturated carbocycles. The molecule has 0 fully saturated rings. The van der Waals surface area contributed by atoms with Crippen molar-refractivity contribution in [1.29, 1.82) is 0 Å². The summed E-state index contributed by atoms with van der Waals surface area (Å²) in [4.78, 5) is 2.60. The van der Waals surface area contributed by atoms with Crippen LogP contribution in [0.1, 0.15) is 58.1 Å². The van der Waals surface area contributed by atoms with Gasteiger partial charge in [0.1, 0.15) is 6.54 Å². The number of benzene rings is 3. The molecule has 1 radical (unpaired) electrons. The van der Waals surface area contributed by atoms with Gasteiger partial charge in [-0.1, -0.05) is 70.2 Å². The van der Waals surface area contributed by atoms with Crippen LogP contribution in [0.4, 0.5) is 5.69 Å². The van der Waals surface area contributed by atoms with E-state index in [4.69, 9.17) is 0 Å². The summed E-state index contributed by atoms with van der Waals surface area (Å²) in [5, 5.41) is 5.27. The van der Waals surface area contributed by atoms with E-state index in [0.717, 1.165) is 26.1 Å². The quantitative estimate of drug-likeness (QED) is 0.0883. The zero-order valence-corrected chi connectivity index (χ0v) is 25.5. The molecule has 0 unspecified atom stereocenters. The Morgan fingerprint density at radius 1 is 0.784 bits per heavy atom. The van der Waals surface area contributed by atoms with Gasteiger partial charge in [-0.15, -0.1) is 6.42 Å². The molecule has 0 amide bonds. The van der Waals surface area contributed by atoms with Gasteiger partial charge in [-0.3, -0.25) is 0 Å². The van der Waals surface area contributed by atoms with Crippen LogP contribution in [0.3, 0.4) is 0 Å². The van der Waals surface area contributed by atoms with Crippen LogP contribution >= 0.6 is 0 Å². The van der Waals surface area contributed by atoms with E-state index in [1.165, 1.54) is 51.2 Å². The summed E-state index contributed by atoms with van der Waals surface area (Å²) in [6, 6.07) is 22.6. The SMILES string of the molecule is [CH2-]CC[n+]1ccc(/C=C/c2cc3ccc(N(CCC(C)C)CCC(C)C)cc3c3ccccc23)cc1.[Os+]. The van der Waals surface area contributed by atoms with Gasteiger partial charge in [0, 0.05) is 30.9 Å². The second-order valence-electron chi connectivity index (χ2n) is 10.8. The van der Waals surface area contributed by atoms with Crippen molar-refractivity contribution in [1.82, 2.24) is 0 Å². The summed E-state index contributed by atoms with van der Waals surface area (Å²) < 4.78 is 2.18. The van der Waals surface area contributed by atoms with Gasteiger partial charge in [0.15, 0.2) is 12.4 Å². The summed E-state index contributed by atoms with van der Waals surface area (Å²) in [6.45, 7) is 16.4. The topological polar surface area (TPSA) is 7.12 Å². The monoisotopic (exact) mass is 670 g/mol. The molecule has 0 aliphatic rings. The van der Waals surface area contributed by atoms with Crippen LogP contribution in [0.2, 0.25) is 0 Å². The molecule has 0 saturated heterocycles. The number of anilines is 1. The largest absolute Gasteiger partial charge is 1.00 e. The predicted octanol–water partition coefficient (Wildman–Crippen LogP) is 8.57.